The molecule has 0 aromatic heterocycles. The summed E-state index contributed by atoms with van der Waals surface area (Å²) in [5.41, 5.74) is 0. The van der Waals surface area contributed by atoms with Crippen molar-refractivity contribution in [1.82, 2.24) is 4.90 Å². The molecule has 16 heavy (non-hydrogen) atoms. The van der Waals surface area contributed by atoms with E-state index < -0.39 is 5.97 Å². The molecule has 1 aliphatic carbocycles. The van der Waals surface area contributed by atoms with E-state index in [1.807, 2.05) is 0 Å². The van der Waals surface area contributed by atoms with E-state index in [1.54, 1.807) is 0 Å². The lowest BCUT2D eigenvalue weighted by Gasteiger charge is -2.36. The third kappa shape index (κ3) is 2.38. The largest absolute Gasteiger partial charge is 0.481 e. The first-order valence-corrected chi connectivity index (χ1v) is 6.22. The van der Waals surface area contributed by atoms with E-state index in [-0.39, 0.29) is 12.0 Å². The van der Waals surface area contributed by atoms with E-state index in [0.29, 0.717) is 19.3 Å². The molecule has 0 amide bonds. The van der Waals surface area contributed by atoms with Gasteiger partial charge in [0.1, 0.15) is 0 Å². The average Bonchev–Trinajstić information content (AvgIpc) is 2.78. The van der Waals surface area contributed by atoms with E-state index in [9.17, 15) is 4.79 Å². The van der Waals surface area contributed by atoms with Crippen molar-refractivity contribution in [3.8, 4) is 0 Å². The molecule has 2 unspecified atom stereocenters. The quantitative estimate of drug-likeness (QED) is 0.790. The molecule has 2 atom stereocenters. The summed E-state index contributed by atoms with van der Waals surface area (Å²) in [5.74, 6) is -1.06. The summed E-state index contributed by atoms with van der Waals surface area (Å²) < 4.78 is 5.32. The molecule has 92 valence electrons. The van der Waals surface area contributed by atoms with Crippen LogP contribution in [0.5, 0.6) is 0 Å². The van der Waals surface area contributed by atoms with Crippen LogP contribution in [0.4, 0.5) is 0 Å². The Morgan fingerprint density at radius 1 is 1.25 bits per heavy atom. The monoisotopic (exact) mass is 227 g/mol. The first kappa shape index (κ1) is 11.9. The summed E-state index contributed by atoms with van der Waals surface area (Å²) in [7, 11) is 2.06. The van der Waals surface area contributed by atoms with Gasteiger partial charge in [-0.3, -0.25) is 9.69 Å². The van der Waals surface area contributed by atoms with Crippen molar-refractivity contribution >= 4 is 5.97 Å². The number of aliphatic carboxylic acids is 1. The fourth-order valence-corrected chi connectivity index (χ4v) is 2.94. The summed E-state index contributed by atoms with van der Waals surface area (Å²) in [6.07, 6.45) is 6.30. The number of hydrogen-bond acceptors (Lipinski definition) is 3. The molecule has 0 aromatic carbocycles. The predicted molar refractivity (Wildman–Crippen MR) is 60.4 cm³/mol. The Kier molecular flexibility index (Phi) is 3.82. The van der Waals surface area contributed by atoms with Crippen molar-refractivity contribution in [1.29, 1.82) is 0 Å². The Hall–Kier alpha value is -0.610. The SMILES string of the molecule is CN(C1CCCCC1)C1COCC1C(=O)O. The zero-order valence-corrected chi connectivity index (χ0v) is 9.89. The van der Waals surface area contributed by atoms with Crippen LogP contribution in [-0.2, 0) is 9.53 Å². The highest BCUT2D eigenvalue weighted by Gasteiger charge is 2.38. The van der Waals surface area contributed by atoms with Crippen LogP contribution in [0.25, 0.3) is 0 Å². The van der Waals surface area contributed by atoms with Crippen LogP contribution in [0.15, 0.2) is 0 Å². The Morgan fingerprint density at radius 3 is 2.56 bits per heavy atom. The van der Waals surface area contributed by atoms with Crippen molar-refractivity contribution in [2.24, 2.45) is 5.92 Å². The zero-order valence-electron chi connectivity index (χ0n) is 9.89. The Morgan fingerprint density at radius 2 is 1.94 bits per heavy atom. The minimum atomic E-state index is -0.717. The summed E-state index contributed by atoms with van der Waals surface area (Å²) in [6.45, 7) is 0.945. The molecular weight excluding hydrogens is 206 g/mol. The normalized spacial score (nSPS) is 32.1. The molecule has 2 aliphatic rings. The smallest absolute Gasteiger partial charge is 0.310 e. The summed E-state index contributed by atoms with van der Waals surface area (Å²) in [5, 5.41) is 9.12. The topological polar surface area (TPSA) is 49.8 Å². The van der Waals surface area contributed by atoms with Gasteiger partial charge in [-0.2, -0.15) is 0 Å². The van der Waals surface area contributed by atoms with Crippen LogP contribution in [0, 0.1) is 5.92 Å². The zero-order chi connectivity index (χ0) is 11.5. The van der Waals surface area contributed by atoms with Crippen molar-refractivity contribution < 1.29 is 14.6 Å². The van der Waals surface area contributed by atoms with Crippen LogP contribution in [-0.4, -0.2) is 48.3 Å². The molecule has 0 bridgehead atoms. The highest BCUT2D eigenvalue weighted by molar-refractivity contribution is 5.71. The first-order valence-electron chi connectivity index (χ1n) is 6.22. The number of carbonyl (C=O) groups is 1. The van der Waals surface area contributed by atoms with Crippen LogP contribution in [0.2, 0.25) is 0 Å². The van der Waals surface area contributed by atoms with Crippen molar-refractivity contribution in [2.45, 2.75) is 44.2 Å². The van der Waals surface area contributed by atoms with Crippen molar-refractivity contribution in [2.75, 3.05) is 20.3 Å². The third-order valence-corrected chi connectivity index (χ3v) is 4.04. The van der Waals surface area contributed by atoms with E-state index in [2.05, 4.69) is 11.9 Å². The lowest BCUT2D eigenvalue weighted by atomic mass is 9.92. The minimum Gasteiger partial charge on any atom is -0.481 e. The maximum absolute atomic E-state index is 11.1. The van der Waals surface area contributed by atoms with Gasteiger partial charge in [0.05, 0.1) is 19.1 Å². The Balaban J connectivity index is 1.96. The summed E-state index contributed by atoms with van der Waals surface area (Å²) in [6, 6.07) is 0.628. The predicted octanol–water partition coefficient (Wildman–Crippen LogP) is 1.35. The van der Waals surface area contributed by atoms with Gasteiger partial charge in [-0.05, 0) is 19.9 Å². The maximum atomic E-state index is 11.1. The molecule has 2 fully saturated rings. The highest BCUT2D eigenvalue weighted by Crippen LogP contribution is 2.27. The molecule has 1 saturated heterocycles. The van der Waals surface area contributed by atoms with Crippen molar-refractivity contribution in [3.05, 3.63) is 0 Å². The van der Waals surface area contributed by atoms with Gasteiger partial charge in [0.25, 0.3) is 0 Å². The van der Waals surface area contributed by atoms with Crippen LogP contribution < -0.4 is 0 Å². The van der Waals surface area contributed by atoms with Gasteiger partial charge < -0.3 is 9.84 Å². The van der Waals surface area contributed by atoms with Gasteiger partial charge in [-0.25, -0.2) is 0 Å². The fraction of sp³-hybridized carbons (Fsp3) is 0.917. The molecule has 1 heterocycles. The van der Waals surface area contributed by atoms with E-state index in [0.717, 1.165) is 0 Å². The van der Waals surface area contributed by atoms with Gasteiger partial charge in [0.2, 0.25) is 0 Å². The van der Waals surface area contributed by atoms with E-state index in [4.69, 9.17) is 9.84 Å². The third-order valence-electron chi connectivity index (χ3n) is 4.04. The Labute approximate surface area is 96.6 Å². The minimum absolute atomic E-state index is 0.0700. The average molecular weight is 227 g/mol. The second-order valence-electron chi connectivity index (χ2n) is 5.01. The van der Waals surface area contributed by atoms with Gasteiger partial charge in [0.15, 0.2) is 0 Å². The molecule has 0 aromatic rings. The number of hydrogen-bond donors (Lipinski definition) is 1. The number of carboxylic acid groups (broad SMARTS) is 1. The summed E-state index contributed by atoms with van der Waals surface area (Å²) >= 11 is 0. The number of likely N-dealkylation sites (N-methyl/N-ethyl adjacent to an activating group) is 1. The molecule has 1 saturated carbocycles. The first-order chi connectivity index (χ1) is 7.70. The fourth-order valence-electron chi connectivity index (χ4n) is 2.94. The van der Waals surface area contributed by atoms with Gasteiger partial charge >= 0.3 is 5.97 Å². The molecule has 0 spiro atoms. The van der Waals surface area contributed by atoms with Gasteiger partial charge in [0, 0.05) is 12.1 Å². The lowest BCUT2D eigenvalue weighted by Crippen LogP contribution is -2.46. The number of carboxylic acids is 1. The van der Waals surface area contributed by atoms with Gasteiger partial charge in [-0.1, -0.05) is 19.3 Å². The molecule has 2 rings (SSSR count). The van der Waals surface area contributed by atoms with Crippen LogP contribution in [0.1, 0.15) is 32.1 Å². The van der Waals surface area contributed by atoms with Crippen LogP contribution in [0.3, 0.4) is 0 Å². The lowest BCUT2D eigenvalue weighted by molar-refractivity contribution is -0.143. The molecule has 4 nitrogen and oxygen atoms in total. The molecule has 1 N–H and O–H groups in total. The maximum Gasteiger partial charge on any atom is 0.310 e. The second-order valence-corrected chi connectivity index (χ2v) is 5.01. The molecule has 0 radical (unpaired) electrons. The number of rotatable bonds is 3. The number of ether oxygens (including phenoxy) is 1. The Bertz CT molecular complexity index is 251. The number of nitrogens with zero attached hydrogens (tertiary/aromatic N) is 1. The highest BCUT2D eigenvalue weighted by atomic mass is 16.5. The second kappa shape index (κ2) is 5.15. The van der Waals surface area contributed by atoms with E-state index in [1.165, 1.54) is 32.1 Å². The van der Waals surface area contributed by atoms with E-state index >= 15 is 0 Å². The molecule has 4 heteroatoms. The van der Waals surface area contributed by atoms with Crippen molar-refractivity contribution in [3.63, 3.8) is 0 Å². The summed E-state index contributed by atoms with van der Waals surface area (Å²) in [4.78, 5) is 13.3. The molecule has 1 aliphatic heterocycles. The standard InChI is InChI=1S/C12H21NO3/c1-13(9-5-3-2-4-6-9)11-8-16-7-10(11)12(14)15/h9-11H,2-8H2,1H3,(H,14,15). The van der Waals surface area contributed by atoms with Crippen LogP contribution >= 0.6 is 0 Å². The van der Waals surface area contributed by atoms with Gasteiger partial charge in [-0.15, -0.1) is 0 Å². The molecular formula is C12H21NO3.